The number of aliphatic hydroxyl groups is 1. The van der Waals surface area contributed by atoms with E-state index in [9.17, 15) is 15.0 Å². The van der Waals surface area contributed by atoms with Crippen LogP contribution in [0, 0.1) is 5.41 Å². The SMILES string of the molecule is CCC(O)CCC1(C(=O)O)CCCCC1. The maximum Gasteiger partial charge on any atom is 0.309 e. The smallest absolute Gasteiger partial charge is 0.309 e. The largest absolute Gasteiger partial charge is 0.481 e. The third-order valence-corrected chi connectivity index (χ3v) is 3.69. The highest BCUT2D eigenvalue weighted by Crippen LogP contribution is 2.40. The molecule has 0 aromatic rings. The Morgan fingerprint density at radius 2 is 1.93 bits per heavy atom. The van der Waals surface area contributed by atoms with E-state index in [1.165, 1.54) is 0 Å². The monoisotopic (exact) mass is 214 g/mol. The summed E-state index contributed by atoms with van der Waals surface area (Å²) in [6, 6.07) is 0. The lowest BCUT2D eigenvalue weighted by molar-refractivity contribution is -0.152. The van der Waals surface area contributed by atoms with Crippen LogP contribution in [-0.4, -0.2) is 22.3 Å². The third-order valence-electron chi connectivity index (χ3n) is 3.69. The van der Waals surface area contributed by atoms with Gasteiger partial charge in [0, 0.05) is 0 Å². The van der Waals surface area contributed by atoms with Crippen molar-refractivity contribution < 1.29 is 15.0 Å². The summed E-state index contributed by atoms with van der Waals surface area (Å²) in [6.45, 7) is 1.93. The Morgan fingerprint density at radius 1 is 1.33 bits per heavy atom. The summed E-state index contributed by atoms with van der Waals surface area (Å²) in [5.74, 6) is -0.662. The highest BCUT2D eigenvalue weighted by atomic mass is 16.4. The molecule has 0 aromatic heterocycles. The van der Waals surface area contributed by atoms with E-state index in [0.29, 0.717) is 12.8 Å². The molecule has 1 unspecified atom stereocenters. The van der Waals surface area contributed by atoms with Gasteiger partial charge in [-0.25, -0.2) is 0 Å². The van der Waals surface area contributed by atoms with Crippen molar-refractivity contribution in [1.29, 1.82) is 0 Å². The Kier molecular flexibility index (Phi) is 4.58. The molecule has 0 radical (unpaired) electrons. The van der Waals surface area contributed by atoms with Gasteiger partial charge in [-0.15, -0.1) is 0 Å². The highest BCUT2D eigenvalue weighted by molar-refractivity contribution is 5.74. The minimum absolute atomic E-state index is 0.330. The van der Waals surface area contributed by atoms with E-state index in [-0.39, 0.29) is 6.10 Å². The van der Waals surface area contributed by atoms with Crippen LogP contribution in [0.25, 0.3) is 0 Å². The molecule has 0 saturated heterocycles. The van der Waals surface area contributed by atoms with Crippen molar-refractivity contribution in [2.45, 2.75) is 64.4 Å². The van der Waals surface area contributed by atoms with E-state index >= 15 is 0 Å². The second-order valence-corrected chi connectivity index (χ2v) is 4.75. The molecular weight excluding hydrogens is 192 g/mol. The Labute approximate surface area is 91.5 Å². The number of aliphatic hydroxyl groups excluding tert-OH is 1. The molecule has 1 atom stereocenters. The molecule has 1 aliphatic carbocycles. The van der Waals surface area contributed by atoms with Crippen molar-refractivity contribution >= 4 is 5.97 Å². The van der Waals surface area contributed by atoms with Gasteiger partial charge < -0.3 is 10.2 Å². The zero-order chi connectivity index (χ0) is 11.3. The molecule has 0 bridgehead atoms. The average Bonchev–Trinajstić information content (AvgIpc) is 2.27. The summed E-state index contributed by atoms with van der Waals surface area (Å²) in [5.41, 5.74) is -0.533. The molecule has 0 spiro atoms. The first-order chi connectivity index (χ1) is 7.10. The zero-order valence-electron chi connectivity index (χ0n) is 9.54. The minimum atomic E-state index is -0.662. The van der Waals surface area contributed by atoms with E-state index in [4.69, 9.17) is 0 Å². The molecule has 88 valence electrons. The number of rotatable bonds is 5. The van der Waals surface area contributed by atoms with Crippen molar-refractivity contribution in [2.75, 3.05) is 0 Å². The van der Waals surface area contributed by atoms with Crippen molar-refractivity contribution in [1.82, 2.24) is 0 Å². The number of carbonyl (C=O) groups is 1. The van der Waals surface area contributed by atoms with Gasteiger partial charge in [-0.2, -0.15) is 0 Å². The Morgan fingerprint density at radius 3 is 2.40 bits per heavy atom. The molecular formula is C12H22O3. The molecule has 3 heteroatoms. The first-order valence-electron chi connectivity index (χ1n) is 6.02. The van der Waals surface area contributed by atoms with E-state index in [1.807, 2.05) is 6.92 Å². The number of carboxylic acids is 1. The molecule has 0 aliphatic heterocycles. The van der Waals surface area contributed by atoms with E-state index in [0.717, 1.165) is 38.5 Å². The van der Waals surface area contributed by atoms with Crippen molar-refractivity contribution in [3.63, 3.8) is 0 Å². The van der Waals surface area contributed by atoms with Crippen molar-refractivity contribution in [2.24, 2.45) is 5.41 Å². The average molecular weight is 214 g/mol. The maximum atomic E-state index is 11.3. The molecule has 2 N–H and O–H groups in total. The quantitative estimate of drug-likeness (QED) is 0.739. The topological polar surface area (TPSA) is 57.5 Å². The van der Waals surface area contributed by atoms with E-state index in [1.54, 1.807) is 0 Å². The van der Waals surface area contributed by atoms with Gasteiger partial charge in [-0.1, -0.05) is 26.2 Å². The van der Waals surface area contributed by atoms with Crippen LogP contribution >= 0.6 is 0 Å². The second kappa shape index (κ2) is 5.50. The molecule has 3 nitrogen and oxygen atoms in total. The fourth-order valence-corrected chi connectivity index (χ4v) is 2.45. The van der Waals surface area contributed by atoms with Gasteiger partial charge in [-0.3, -0.25) is 4.79 Å². The summed E-state index contributed by atoms with van der Waals surface area (Å²) < 4.78 is 0. The zero-order valence-corrected chi connectivity index (χ0v) is 9.54. The van der Waals surface area contributed by atoms with Gasteiger partial charge in [0.1, 0.15) is 0 Å². The van der Waals surface area contributed by atoms with Gasteiger partial charge in [-0.05, 0) is 32.1 Å². The van der Waals surface area contributed by atoms with E-state index in [2.05, 4.69) is 0 Å². The standard InChI is InChI=1S/C12H22O3/c1-2-10(13)6-9-12(11(14)15)7-4-3-5-8-12/h10,13H,2-9H2,1H3,(H,14,15). The molecule has 1 aliphatic rings. The number of carboxylic acid groups (broad SMARTS) is 1. The van der Waals surface area contributed by atoms with Crippen LogP contribution in [0.3, 0.4) is 0 Å². The van der Waals surface area contributed by atoms with Crippen LogP contribution in [0.15, 0.2) is 0 Å². The first kappa shape index (κ1) is 12.5. The van der Waals surface area contributed by atoms with Gasteiger partial charge in [0.15, 0.2) is 0 Å². The molecule has 1 rings (SSSR count). The third kappa shape index (κ3) is 3.20. The Hall–Kier alpha value is -0.570. The number of hydrogen-bond donors (Lipinski definition) is 2. The lowest BCUT2D eigenvalue weighted by Crippen LogP contribution is -2.34. The lowest BCUT2D eigenvalue weighted by Gasteiger charge is -2.33. The van der Waals surface area contributed by atoms with Gasteiger partial charge >= 0.3 is 5.97 Å². The van der Waals surface area contributed by atoms with Gasteiger partial charge in [0.2, 0.25) is 0 Å². The predicted molar refractivity (Wildman–Crippen MR) is 58.7 cm³/mol. The predicted octanol–water partition coefficient (Wildman–Crippen LogP) is 2.57. The van der Waals surface area contributed by atoms with E-state index < -0.39 is 11.4 Å². The van der Waals surface area contributed by atoms with Crippen LogP contribution in [0.2, 0.25) is 0 Å². The molecule has 0 heterocycles. The molecule has 0 aromatic carbocycles. The van der Waals surface area contributed by atoms with Crippen LogP contribution in [-0.2, 0) is 4.79 Å². The highest BCUT2D eigenvalue weighted by Gasteiger charge is 2.39. The second-order valence-electron chi connectivity index (χ2n) is 4.75. The first-order valence-corrected chi connectivity index (χ1v) is 6.02. The van der Waals surface area contributed by atoms with Gasteiger partial charge in [0.05, 0.1) is 11.5 Å². The molecule has 1 saturated carbocycles. The number of hydrogen-bond acceptors (Lipinski definition) is 2. The fourth-order valence-electron chi connectivity index (χ4n) is 2.45. The van der Waals surface area contributed by atoms with Crippen LogP contribution < -0.4 is 0 Å². The molecule has 15 heavy (non-hydrogen) atoms. The Balaban J connectivity index is 2.53. The molecule has 1 fully saturated rings. The molecule has 0 amide bonds. The van der Waals surface area contributed by atoms with Crippen LogP contribution in [0.1, 0.15) is 58.3 Å². The summed E-state index contributed by atoms with van der Waals surface area (Å²) >= 11 is 0. The number of aliphatic carboxylic acids is 1. The summed E-state index contributed by atoms with van der Waals surface area (Å²) in [4.78, 5) is 11.3. The van der Waals surface area contributed by atoms with Gasteiger partial charge in [0.25, 0.3) is 0 Å². The fraction of sp³-hybridized carbons (Fsp3) is 0.917. The summed E-state index contributed by atoms with van der Waals surface area (Å²) in [7, 11) is 0. The minimum Gasteiger partial charge on any atom is -0.481 e. The van der Waals surface area contributed by atoms with Crippen LogP contribution in [0.4, 0.5) is 0 Å². The lowest BCUT2D eigenvalue weighted by atomic mass is 9.71. The summed E-state index contributed by atoms with van der Waals surface area (Å²) in [5, 5.41) is 18.8. The Bertz CT molecular complexity index is 207. The van der Waals surface area contributed by atoms with Crippen molar-refractivity contribution in [3.05, 3.63) is 0 Å². The summed E-state index contributed by atoms with van der Waals surface area (Å²) in [6.07, 6.45) is 6.44. The van der Waals surface area contributed by atoms with Crippen LogP contribution in [0.5, 0.6) is 0 Å². The maximum absolute atomic E-state index is 11.3. The van der Waals surface area contributed by atoms with Crippen molar-refractivity contribution in [3.8, 4) is 0 Å². The normalized spacial score (nSPS) is 22.3.